The van der Waals surface area contributed by atoms with Crippen LogP contribution in [-0.2, 0) is 13.0 Å². The zero-order chi connectivity index (χ0) is 17.8. The summed E-state index contributed by atoms with van der Waals surface area (Å²) in [6.07, 6.45) is 0.994. The molecule has 3 rings (SSSR count). The second kappa shape index (κ2) is 8.16. The van der Waals surface area contributed by atoms with Crippen LogP contribution in [0.5, 0.6) is 0 Å². The molecule has 0 bridgehead atoms. The molecule has 0 saturated heterocycles. The van der Waals surface area contributed by atoms with Crippen molar-refractivity contribution in [3.63, 3.8) is 0 Å². The van der Waals surface area contributed by atoms with Gasteiger partial charge in [0.15, 0.2) is 10.1 Å². The number of anilines is 1. The van der Waals surface area contributed by atoms with Gasteiger partial charge in [0, 0.05) is 35.4 Å². The van der Waals surface area contributed by atoms with Gasteiger partial charge in [0.1, 0.15) is 0 Å². The topological polar surface area (TPSA) is 59.8 Å². The Balaban J connectivity index is 1.65. The molecular weight excluding hydrogens is 372 g/mol. The minimum absolute atomic E-state index is 0.140. The van der Waals surface area contributed by atoms with E-state index in [4.69, 9.17) is 0 Å². The van der Waals surface area contributed by atoms with Gasteiger partial charge in [0.2, 0.25) is 5.13 Å². The van der Waals surface area contributed by atoms with Gasteiger partial charge in [-0.05, 0) is 37.8 Å². The number of carbonyl (C=O) groups excluding carboxylic acids is 1. The number of hydrogen-bond acceptors (Lipinski definition) is 7. The fraction of sp³-hybridized carbons (Fsp3) is 0.353. The number of aryl methyl sites for hydroxylation is 2. The van der Waals surface area contributed by atoms with Crippen molar-refractivity contribution in [3.05, 3.63) is 45.4 Å². The van der Waals surface area contributed by atoms with E-state index in [0.29, 0.717) is 5.75 Å². The van der Waals surface area contributed by atoms with Gasteiger partial charge in [-0.25, -0.2) is 0 Å². The van der Waals surface area contributed by atoms with E-state index in [1.807, 2.05) is 20.0 Å². The molecule has 0 fully saturated rings. The Kier molecular flexibility index (Phi) is 5.93. The highest BCUT2D eigenvalue weighted by atomic mass is 32.2. The summed E-state index contributed by atoms with van der Waals surface area (Å²) in [6.45, 7) is 5.00. The third kappa shape index (κ3) is 4.31. The second-order valence-electron chi connectivity index (χ2n) is 5.60. The Morgan fingerprint density at radius 1 is 1.36 bits per heavy atom. The summed E-state index contributed by atoms with van der Waals surface area (Å²) in [5.74, 6) is 0.523. The number of carbonyl (C=O) groups is 1. The lowest BCUT2D eigenvalue weighted by Crippen LogP contribution is -2.08. The minimum atomic E-state index is 0.140. The van der Waals surface area contributed by atoms with Crippen LogP contribution in [0.1, 0.15) is 26.6 Å². The van der Waals surface area contributed by atoms with Gasteiger partial charge < -0.3 is 9.88 Å². The van der Waals surface area contributed by atoms with Crippen molar-refractivity contribution in [2.24, 2.45) is 0 Å². The number of thiophene rings is 1. The summed E-state index contributed by atoms with van der Waals surface area (Å²) in [6, 6.07) is 6.24. The maximum absolute atomic E-state index is 12.6. The molecule has 0 radical (unpaired) electrons. The summed E-state index contributed by atoms with van der Waals surface area (Å²) >= 11 is 4.68. The van der Waals surface area contributed by atoms with Crippen LogP contribution in [-0.4, -0.2) is 33.3 Å². The first-order valence-electron chi connectivity index (χ1n) is 7.95. The van der Waals surface area contributed by atoms with E-state index in [0.717, 1.165) is 39.4 Å². The van der Waals surface area contributed by atoms with Gasteiger partial charge in [-0.3, -0.25) is 4.79 Å². The molecule has 132 valence electrons. The number of nitrogens with zero attached hydrogens (tertiary/aromatic N) is 3. The SMILES string of the molecule is CNc1nnc(SCC(=O)c2cc(C)n(CCc3cccs3)c2C)s1. The van der Waals surface area contributed by atoms with Crippen LogP contribution in [0, 0.1) is 13.8 Å². The second-order valence-corrected chi connectivity index (χ2v) is 8.83. The monoisotopic (exact) mass is 392 g/mol. The molecular formula is C17H20N4OS3. The van der Waals surface area contributed by atoms with Crippen LogP contribution >= 0.6 is 34.4 Å². The summed E-state index contributed by atoms with van der Waals surface area (Å²) < 4.78 is 3.05. The first-order valence-corrected chi connectivity index (χ1v) is 10.6. The van der Waals surface area contributed by atoms with E-state index in [9.17, 15) is 4.79 Å². The highest BCUT2D eigenvalue weighted by molar-refractivity contribution is 8.01. The Hall–Kier alpha value is -1.64. The van der Waals surface area contributed by atoms with Gasteiger partial charge in [-0.1, -0.05) is 29.2 Å². The molecule has 3 heterocycles. The number of ketones is 1. The van der Waals surface area contributed by atoms with Crippen molar-refractivity contribution < 1.29 is 4.79 Å². The van der Waals surface area contributed by atoms with Crippen molar-refractivity contribution in [1.82, 2.24) is 14.8 Å². The van der Waals surface area contributed by atoms with Crippen LogP contribution in [0.4, 0.5) is 5.13 Å². The summed E-state index contributed by atoms with van der Waals surface area (Å²) in [7, 11) is 1.81. The molecule has 0 aromatic carbocycles. The Morgan fingerprint density at radius 2 is 2.20 bits per heavy atom. The number of Topliss-reactive ketones (excluding diaryl/α,β-unsaturated/α-hetero) is 1. The van der Waals surface area contributed by atoms with E-state index in [-0.39, 0.29) is 5.78 Å². The van der Waals surface area contributed by atoms with Crippen molar-refractivity contribution in [2.75, 3.05) is 18.1 Å². The number of nitrogens with one attached hydrogen (secondary N) is 1. The molecule has 0 aliphatic heterocycles. The molecule has 0 unspecified atom stereocenters. The minimum Gasteiger partial charge on any atom is -0.363 e. The molecule has 0 aliphatic carbocycles. The summed E-state index contributed by atoms with van der Waals surface area (Å²) in [5.41, 5.74) is 3.00. The van der Waals surface area contributed by atoms with Crippen LogP contribution in [0.25, 0.3) is 0 Å². The lowest BCUT2D eigenvalue weighted by atomic mass is 10.2. The first-order chi connectivity index (χ1) is 12.1. The van der Waals surface area contributed by atoms with Gasteiger partial charge in [-0.2, -0.15) is 0 Å². The number of hydrogen-bond donors (Lipinski definition) is 1. The molecule has 3 aromatic heterocycles. The number of rotatable bonds is 8. The largest absolute Gasteiger partial charge is 0.363 e. The fourth-order valence-electron chi connectivity index (χ4n) is 2.68. The maximum Gasteiger partial charge on any atom is 0.206 e. The van der Waals surface area contributed by atoms with E-state index in [1.165, 1.54) is 28.0 Å². The Bertz CT molecular complexity index is 852. The lowest BCUT2D eigenvalue weighted by Gasteiger charge is -2.09. The van der Waals surface area contributed by atoms with Crippen LogP contribution in [0.3, 0.4) is 0 Å². The molecule has 5 nitrogen and oxygen atoms in total. The molecule has 25 heavy (non-hydrogen) atoms. The zero-order valence-corrected chi connectivity index (χ0v) is 16.9. The predicted octanol–water partition coefficient (Wildman–Crippen LogP) is 4.28. The number of aromatic nitrogens is 3. The maximum atomic E-state index is 12.6. The van der Waals surface area contributed by atoms with Gasteiger partial charge in [-0.15, -0.1) is 21.5 Å². The number of thioether (sulfide) groups is 1. The third-order valence-corrected chi connectivity index (χ3v) is 6.99. The van der Waals surface area contributed by atoms with Crippen molar-refractivity contribution in [1.29, 1.82) is 0 Å². The summed E-state index contributed by atoms with van der Waals surface area (Å²) in [4.78, 5) is 14.0. The van der Waals surface area contributed by atoms with Crippen LogP contribution in [0.15, 0.2) is 27.9 Å². The first kappa shape index (κ1) is 18.2. The highest BCUT2D eigenvalue weighted by Crippen LogP contribution is 2.27. The normalized spacial score (nSPS) is 11.0. The third-order valence-electron chi connectivity index (χ3n) is 3.98. The van der Waals surface area contributed by atoms with E-state index >= 15 is 0 Å². The Morgan fingerprint density at radius 3 is 2.88 bits per heavy atom. The molecule has 1 N–H and O–H groups in total. The average molecular weight is 393 g/mol. The van der Waals surface area contributed by atoms with Crippen molar-refractivity contribution in [3.8, 4) is 0 Å². The van der Waals surface area contributed by atoms with Crippen LogP contribution < -0.4 is 5.32 Å². The molecule has 0 amide bonds. The zero-order valence-electron chi connectivity index (χ0n) is 14.4. The Labute approximate surface area is 159 Å². The van der Waals surface area contributed by atoms with Crippen molar-refractivity contribution in [2.45, 2.75) is 31.2 Å². The standard InChI is InChI=1S/C17H20N4OS3/c1-11-9-14(12(2)21(11)7-6-13-5-4-8-23-13)15(22)10-24-17-20-19-16(18-3)25-17/h4-5,8-9H,6-7,10H2,1-3H3,(H,18,19). The quantitative estimate of drug-likeness (QED) is 0.458. The van der Waals surface area contributed by atoms with E-state index in [1.54, 1.807) is 11.3 Å². The smallest absolute Gasteiger partial charge is 0.206 e. The highest BCUT2D eigenvalue weighted by Gasteiger charge is 2.17. The molecule has 3 aromatic rings. The molecule has 0 spiro atoms. The predicted molar refractivity (Wildman–Crippen MR) is 106 cm³/mol. The molecule has 0 atom stereocenters. The van der Waals surface area contributed by atoms with Crippen LogP contribution in [0.2, 0.25) is 0 Å². The van der Waals surface area contributed by atoms with E-state index in [2.05, 4.69) is 44.5 Å². The van der Waals surface area contributed by atoms with Crippen molar-refractivity contribution >= 4 is 45.4 Å². The molecule has 8 heteroatoms. The summed E-state index contributed by atoms with van der Waals surface area (Å²) in [5, 5.41) is 13.9. The van der Waals surface area contributed by atoms with Gasteiger partial charge >= 0.3 is 0 Å². The van der Waals surface area contributed by atoms with Gasteiger partial charge in [0.25, 0.3) is 0 Å². The van der Waals surface area contributed by atoms with E-state index < -0.39 is 0 Å². The fourth-order valence-corrected chi connectivity index (χ4v) is 4.97. The lowest BCUT2D eigenvalue weighted by molar-refractivity contribution is 0.102. The van der Waals surface area contributed by atoms with Gasteiger partial charge in [0.05, 0.1) is 5.75 Å². The molecule has 0 aliphatic rings. The molecule has 0 saturated carbocycles. The average Bonchev–Trinajstić information content (AvgIpc) is 3.33.